The van der Waals surface area contributed by atoms with Crippen molar-refractivity contribution in [3.63, 3.8) is 0 Å². The molecule has 0 spiro atoms. The monoisotopic (exact) mass is 488 g/mol. The second kappa shape index (κ2) is 12.1. The van der Waals surface area contributed by atoms with Gasteiger partial charge in [0.05, 0.1) is 6.10 Å². The summed E-state index contributed by atoms with van der Waals surface area (Å²) in [5.74, 6) is 4.76. The van der Waals surface area contributed by atoms with Gasteiger partial charge in [-0.3, -0.25) is 4.79 Å². The first-order valence-electron chi connectivity index (χ1n) is 15.1. The zero-order valence-corrected chi connectivity index (χ0v) is 23.8. The third-order valence-corrected chi connectivity index (χ3v) is 11.0. The van der Waals surface area contributed by atoms with E-state index in [-0.39, 0.29) is 6.10 Å². The molecule has 3 heteroatoms. The highest BCUT2D eigenvalue weighted by Crippen LogP contribution is 2.67. The molecule has 8 atom stereocenters. The number of fused-ring (bicyclic) bond motifs is 5. The predicted octanol–water partition coefficient (Wildman–Crippen LogP) is 8.65. The fraction of sp³-hybridized carbons (Fsp3) is 0.906. The number of aliphatic carboxylic acids is 1. The molecule has 0 radical (unpaired) electrons. The highest BCUT2D eigenvalue weighted by Gasteiger charge is 2.59. The molecule has 0 aromatic carbocycles. The quantitative estimate of drug-likeness (QED) is 0.336. The highest BCUT2D eigenvalue weighted by molar-refractivity contribution is 5.66. The SMILES string of the molecule is CC(C)CCCC(C)[C@H]1CC[C@H]2[C@@H]3CC=C4C[C@@H](O)CC[C@]4(C)[C@H]3CC[C@]12C.CCCCC(=O)O. The van der Waals surface area contributed by atoms with Crippen molar-refractivity contribution in [1.82, 2.24) is 0 Å². The van der Waals surface area contributed by atoms with Gasteiger partial charge in [0.25, 0.3) is 0 Å². The average Bonchev–Trinajstić information content (AvgIpc) is 3.15. The molecule has 0 bridgehead atoms. The Bertz CT molecular complexity index is 726. The molecule has 2 N–H and O–H groups in total. The normalized spacial score (nSPS) is 39.0. The van der Waals surface area contributed by atoms with Crippen LogP contribution in [0.3, 0.4) is 0 Å². The summed E-state index contributed by atoms with van der Waals surface area (Å²) in [7, 11) is 0. The van der Waals surface area contributed by atoms with Crippen molar-refractivity contribution in [3.05, 3.63) is 11.6 Å². The van der Waals surface area contributed by atoms with E-state index < -0.39 is 5.97 Å². The van der Waals surface area contributed by atoms with Crippen LogP contribution in [0, 0.1) is 46.3 Å². The van der Waals surface area contributed by atoms with Gasteiger partial charge in [0.2, 0.25) is 0 Å². The first-order chi connectivity index (χ1) is 16.5. The van der Waals surface area contributed by atoms with E-state index in [0.717, 1.165) is 61.2 Å². The molecule has 0 heterocycles. The summed E-state index contributed by atoms with van der Waals surface area (Å²) in [4.78, 5) is 9.76. The maximum Gasteiger partial charge on any atom is 0.303 e. The molecule has 0 aliphatic heterocycles. The van der Waals surface area contributed by atoms with Crippen molar-refractivity contribution in [3.8, 4) is 0 Å². The minimum Gasteiger partial charge on any atom is -0.481 e. The molecule has 0 saturated heterocycles. The van der Waals surface area contributed by atoms with E-state index >= 15 is 0 Å². The largest absolute Gasteiger partial charge is 0.481 e. The molecular formula is C32H56O3. The summed E-state index contributed by atoms with van der Waals surface area (Å²) < 4.78 is 0. The third kappa shape index (κ3) is 6.36. The summed E-state index contributed by atoms with van der Waals surface area (Å²) in [6, 6.07) is 0. The van der Waals surface area contributed by atoms with E-state index in [1.54, 1.807) is 5.57 Å². The second-order valence-electron chi connectivity index (χ2n) is 13.7. The number of rotatable bonds is 8. The summed E-state index contributed by atoms with van der Waals surface area (Å²) in [6.07, 6.45) is 19.2. The number of aliphatic hydroxyl groups excluding tert-OH is 1. The Labute approximate surface area is 216 Å². The maximum atomic E-state index is 10.2. The van der Waals surface area contributed by atoms with Crippen molar-refractivity contribution in [1.29, 1.82) is 0 Å². The van der Waals surface area contributed by atoms with Crippen molar-refractivity contribution in [2.75, 3.05) is 0 Å². The van der Waals surface area contributed by atoms with Gasteiger partial charge in [0, 0.05) is 6.42 Å². The number of carbonyl (C=O) groups is 1. The lowest BCUT2D eigenvalue weighted by Crippen LogP contribution is -2.50. The third-order valence-electron chi connectivity index (χ3n) is 11.0. The van der Waals surface area contributed by atoms with Crippen molar-refractivity contribution >= 4 is 5.97 Å². The van der Waals surface area contributed by atoms with Gasteiger partial charge in [-0.2, -0.15) is 0 Å². The molecule has 4 aliphatic rings. The molecule has 35 heavy (non-hydrogen) atoms. The predicted molar refractivity (Wildman–Crippen MR) is 146 cm³/mol. The first kappa shape index (κ1) is 28.7. The lowest BCUT2D eigenvalue weighted by Gasteiger charge is -2.58. The number of allylic oxidation sites excluding steroid dienone is 1. The minimum atomic E-state index is -0.693. The summed E-state index contributed by atoms with van der Waals surface area (Å²) in [5.41, 5.74) is 2.60. The smallest absolute Gasteiger partial charge is 0.303 e. The number of carboxylic acid groups (broad SMARTS) is 1. The van der Waals surface area contributed by atoms with E-state index in [1.807, 2.05) is 6.92 Å². The van der Waals surface area contributed by atoms with E-state index in [9.17, 15) is 9.90 Å². The molecule has 3 fully saturated rings. The fourth-order valence-corrected chi connectivity index (χ4v) is 8.99. The summed E-state index contributed by atoms with van der Waals surface area (Å²) in [5, 5.41) is 18.3. The van der Waals surface area contributed by atoms with Crippen molar-refractivity contribution in [2.24, 2.45) is 46.3 Å². The van der Waals surface area contributed by atoms with Crippen molar-refractivity contribution in [2.45, 2.75) is 138 Å². The van der Waals surface area contributed by atoms with Crippen LogP contribution in [0.4, 0.5) is 0 Å². The highest BCUT2D eigenvalue weighted by atomic mass is 16.4. The van der Waals surface area contributed by atoms with Gasteiger partial charge in [-0.1, -0.05) is 78.9 Å². The van der Waals surface area contributed by atoms with E-state index in [4.69, 9.17) is 5.11 Å². The maximum absolute atomic E-state index is 10.2. The molecule has 1 unspecified atom stereocenters. The molecular weight excluding hydrogens is 432 g/mol. The van der Waals surface area contributed by atoms with Crippen LogP contribution in [0.5, 0.6) is 0 Å². The molecule has 0 aromatic rings. The second-order valence-corrected chi connectivity index (χ2v) is 13.7. The topological polar surface area (TPSA) is 57.5 Å². The Balaban J connectivity index is 0.000000429. The van der Waals surface area contributed by atoms with Crippen LogP contribution >= 0.6 is 0 Å². The summed E-state index contributed by atoms with van der Waals surface area (Å²) in [6.45, 7) is 14.5. The Morgan fingerprint density at radius 3 is 2.40 bits per heavy atom. The molecule has 0 aromatic heterocycles. The van der Waals surface area contributed by atoms with Crippen LogP contribution in [0.15, 0.2) is 11.6 Å². The molecule has 202 valence electrons. The van der Waals surface area contributed by atoms with Gasteiger partial charge >= 0.3 is 5.97 Å². The lowest BCUT2D eigenvalue weighted by molar-refractivity contribution is -0.137. The number of hydrogen-bond acceptors (Lipinski definition) is 2. The molecule has 4 aliphatic carbocycles. The number of hydrogen-bond donors (Lipinski definition) is 2. The van der Waals surface area contributed by atoms with Gasteiger partial charge in [-0.25, -0.2) is 0 Å². The van der Waals surface area contributed by atoms with E-state index in [2.05, 4.69) is 40.7 Å². The number of aliphatic hydroxyl groups is 1. The van der Waals surface area contributed by atoms with Crippen LogP contribution in [0.2, 0.25) is 0 Å². The average molecular weight is 489 g/mol. The van der Waals surface area contributed by atoms with Crippen LogP contribution in [-0.4, -0.2) is 22.3 Å². The Hall–Kier alpha value is -0.830. The van der Waals surface area contributed by atoms with Gasteiger partial charge in [-0.15, -0.1) is 0 Å². The zero-order chi connectivity index (χ0) is 25.8. The fourth-order valence-electron chi connectivity index (χ4n) is 8.99. The van der Waals surface area contributed by atoms with Crippen LogP contribution in [0.1, 0.15) is 131 Å². The number of carboxylic acids is 1. The molecule has 0 amide bonds. The van der Waals surface area contributed by atoms with Crippen LogP contribution in [0.25, 0.3) is 0 Å². The standard InChI is InChI=1S/C27H46O.C5H10O2/c1-18(2)7-6-8-19(3)23-11-12-24-22-10-9-20-17-21(28)13-15-26(20,4)25(22)14-16-27(23,24)5;1-2-3-4-5(6)7/h9,18-19,21-25,28H,6-8,10-17H2,1-5H3;2-4H2,1H3,(H,6,7)/t19?,21-,22-,23+,24-,25-,26-,27+;/m0./s1. The van der Waals surface area contributed by atoms with Crippen LogP contribution < -0.4 is 0 Å². The van der Waals surface area contributed by atoms with Crippen LogP contribution in [-0.2, 0) is 4.79 Å². The van der Waals surface area contributed by atoms with Gasteiger partial charge in [0.1, 0.15) is 0 Å². The zero-order valence-electron chi connectivity index (χ0n) is 23.8. The molecule has 3 saturated carbocycles. The van der Waals surface area contributed by atoms with E-state index in [0.29, 0.717) is 17.3 Å². The van der Waals surface area contributed by atoms with Gasteiger partial charge in [-0.05, 0) is 104 Å². The summed E-state index contributed by atoms with van der Waals surface area (Å²) >= 11 is 0. The van der Waals surface area contributed by atoms with E-state index in [1.165, 1.54) is 57.8 Å². The minimum absolute atomic E-state index is 0.0766. The Morgan fingerprint density at radius 2 is 1.77 bits per heavy atom. The Morgan fingerprint density at radius 1 is 1.03 bits per heavy atom. The number of unbranched alkanes of at least 4 members (excludes halogenated alkanes) is 1. The first-order valence-corrected chi connectivity index (χ1v) is 15.1. The lowest BCUT2D eigenvalue weighted by atomic mass is 9.47. The Kier molecular flexibility index (Phi) is 9.97. The van der Waals surface area contributed by atoms with Gasteiger partial charge < -0.3 is 10.2 Å². The van der Waals surface area contributed by atoms with Crippen molar-refractivity contribution < 1.29 is 15.0 Å². The molecule has 4 rings (SSSR count). The van der Waals surface area contributed by atoms with Gasteiger partial charge in [0.15, 0.2) is 0 Å². The molecule has 3 nitrogen and oxygen atoms in total.